The average molecular weight is 354 g/mol. The molecule has 0 aliphatic rings. The minimum atomic E-state index is -0.351. The number of nitrogens with zero attached hydrogens (tertiary/aromatic N) is 3. The normalized spacial score (nSPS) is 11.2. The third kappa shape index (κ3) is 3.44. The molecule has 0 unspecified atom stereocenters. The number of rotatable bonds is 5. The number of carbonyl (C=O) groups is 1. The molecular formula is C18H18N4O4. The third-order valence-corrected chi connectivity index (χ3v) is 3.85. The van der Waals surface area contributed by atoms with Crippen molar-refractivity contribution in [1.82, 2.24) is 15.0 Å². The molecule has 26 heavy (non-hydrogen) atoms. The largest absolute Gasteiger partial charge is 0.504 e. The molecule has 2 aromatic carbocycles. The maximum atomic E-state index is 12.2. The van der Waals surface area contributed by atoms with Gasteiger partial charge in [0.1, 0.15) is 12.4 Å². The minimum Gasteiger partial charge on any atom is -0.504 e. The smallest absolute Gasteiger partial charge is 0.260 e. The van der Waals surface area contributed by atoms with Gasteiger partial charge in [-0.25, -0.2) is 10.4 Å². The zero-order chi connectivity index (χ0) is 18.7. The van der Waals surface area contributed by atoms with Crippen LogP contribution < -0.4 is 10.2 Å². The molecule has 0 saturated heterocycles. The topological polar surface area (TPSA) is 109 Å². The van der Waals surface area contributed by atoms with Crippen LogP contribution >= 0.6 is 0 Å². The monoisotopic (exact) mass is 354 g/mol. The highest BCUT2D eigenvalue weighted by molar-refractivity contribution is 5.85. The number of imidazole rings is 1. The highest BCUT2D eigenvalue weighted by Gasteiger charge is 2.11. The number of hydrazone groups is 1. The number of nitrogens with one attached hydrogen (secondary N) is 1. The van der Waals surface area contributed by atoms with Crippen molar-refractivity contribution >= 4 is 23.2 Å². The van der Waals surface area contributed by atoms with Gasteiger partial charge in [0.25, 0.3) is 5.91 Å². The molecule has 3 aromatic rings. The van der Waals surface area contributed by atoms with E-state index in [9.17, 15) is 15.0 Å². The predicted molar refractivity (Wildman–Crippen MR) is 96.5 cm³/mol. The fraction of sp³-hybridized carbons (Fsp3) is 0.167. The summed E-state index contributed by atoms with van der Waals surface area (Å²) in [6.07, 6.45) is 1.35. The van der Waals surface area contributed by atoms with Crippen molar-refractivity contribution in [2.45, 2.75) is 13.5 Å². The van der Waals surface area contributed by atoms with Gasteiger partial charge < -0.3 is 19.5 Å². The Balaban J connectivity index is 1.70. The summed E-state index contributed by atoms with van der Waals surface area (Å²) in [5, 5.41) is 23.1. The van der Waals surface area contributed by atoms with Gasteiger partial charge in [0, 0.05) is 5.56 Å². The summed E-state index contributed by atoms with van der Waals surface area (Å²) in [7, 11) is 1.37. The number of carbonyl (C=O) groups excluding carboxylic acids is 1. The molecule has 1 amide bonds. The van der Waals surface area contributed by atoms with E-state index in [-0.39, 0.29) is 29.7 Å². The second kappa shape index (κ2) is 7.14. The van der Waals surface area contributed by atoms with Crippen LogP contribution in [0.1, 0.15) is 11.4 Å². The molecule has 8 nitrogen and oxygen atoms in total. The fourth-order valence-corrected chi connectivity index (χ4v) is 2.60. The van der Waals surface area contributed by atoms with Crippen LogP contribution in [0.2, 0.25) is 0 Å². The van der Waals surface area contributed by atoms with Crippen molar-refractivity contribution in [3.05, 3.63) is 47.8 Å². The van der Waals surface area contributed by atoms with Crippen LogP contribution in [0.4, 0.5) is 0 Å². The first-order valence-electron chi connectivity index (χ1n) is 7.83. The molecule has 3 N–H and O–H groups in total. The number of ether oxygens (including phenoxy) is 1. The number of phenols is 2. The van der Waals surface area contributed by atoms with Crippen molar-refractivity contribution < 1.29 is 19.7 Å². The Labute approximate surface area is 149 Å². The van der Waals surface area contributed by atoms with Crippen LogP contribution in [0.5, 0.6) is 17.2 Å². The molecule has 1 aromatic heterocycles. The maximum absolute atomic E-state index is 12.2. The van der Waals surface area contributed by atoms with Crippen LogP contribution in [0.3, 0.4) is 0 Å². The number of amides is 1. The van der Waals surface area contributed by atoms with Gasteiger partial charge in [-0.2, -0.15) is 5.10 Å². The van der Waals surface area contributed by atoms with Crippen molar-refractivity contribution in [3.8, 4) is 17.2 Å². The van der Waals surface area contributed by atoms with E-state index in [2.05, 4.69) is 15.5 Å². The number of hydrogen-bond acceptors (Lipinski definition) is 6. The van der Waals surface area contributed by atoms with Crippen molar-refractivity contribution in [1.29, 1.82) is 0 Å². The molecular weight excluding hydrogens is 336 g/mol. The Kier molecular flexibility index (Phi) is 4.74. The van der Waals surface area contributed by atoms with Gasteiger partial charge in [0.15, 0.2) is 11.5 Å². The Morgan fingerprint density at radius 2 is 2.12 bits per heavy atom. The quantitative estimate of drug-likeness (QED) is 0.368. The Morgan fingerprint density at radius 1 is 1.35 bits per heavy atom. The van der Waals surface area contributed by atoms with Gasteiger partial charge in [0.2, 0.25) is 5.75 Å². The van der Waals surface area contributed by atoms with E-state index in [1.54, 1.807) is 4.57 Å². The number of benzene rings is 2. The Hall–Kier alpha value is -3.55. The minimum absolute atomic E-state index is 0.0772. The second-order valence-corrected chi connectivity index (χ2v) is 5.62. The summed E-state index contributed by atoms with van der Waals surface area (Å²) in [5.74, 6) is -0.159. The summed E-state index contributed by atoms with van der Waals surface area (Å²) in [6.45, 7) is 1.91. The van der Waals surface area contributed by atoms with E-state index >= 15 is 0 Å². The van der Waals surface area contributed by atoms with Crippen molar-refractivity contribution in [2.24, 2.45) is 5.10 Å². The molecule has 8 heteroatoms. The number of fused-ring (bicyclic) bond motifs is 1. The molecule has 0 spiro atoms. The van der Waals surface area contributed by atoms with Gasteiger partial charge in [0.05, 0.1) is 24.4 Å². The molecule has 134 valence electrons. The number of aromatic nitrogens is 2. The van der Waals surface area contributed by atoms with Gasteiger partial charge >= 0.3 is 0 Å². The van der Waals surface area contributed by atoms with Crippen molar-refractivity contribution in [3.63, 3.8) is 0 Å². The SMILES string of the molecule is COc1cc(/C=N/NC(=O)Cn2c(C)nc3ccccc32)cc(O)c1O. The summed E-state index contributed by atoms with van der Waals surface area (Å²) in [6, 6.07) is 10.4. The summed E-state index contributed by atoms with van der Waals surface area (Å²) in [4.78, 5) is 16.6. The number of methoxy groups -OCH3 is 1. The Morgan fingerprint density at radius 3 is 2.88 bits per heavy atom. The number of aromatic hydroxyl groups is 2. The van der Waals surface area contributed by atoms with Gasteiger partial charge in [-0.1, -0.05) is 12.1 Å². The first kappa shape index (κ1) is 17.3. The highest BCUT2D eigenvalue weighted by Crippen LogP contribution is 2.35. The van der Waals surface area contributed by atoms with E-state index in [1.165, 1.54) is 25.5 Å². The van der Waals surface area contributed by atoms with E-state index in [4.69, 9.17) is 4.74 Å². The number of aryl methyl sites for hydroxylation is 1. The molecule has 0 bridgehead atoms. The third-order valence-electron chi connectivity index (χ3n) is 3.85. The first-order valence-corrected chi connectivity index (χ1v) is 7.83. The summed E-state index contributed by atoms with van der Waals surface area (Å²) in [5.41, 5.74) is 4.59. The predicted octanol–water partition coefficient (Wildman–Crippen LogP) is 1.91. The molecule has 0 fully saturated rings. The average Bonchev–Trinajstić information content (AvgIpc) is 2.93. The van der Waals surface area contributed by atoms with Gasteiger partial charge in [-0.05, 0) is 31.2 Å². The molecule has 1 heterocycles. The molecule has 0 aliphatic carbocycles. The lowest BCUT2D eigenvalue weighted by atomic mass is 10.2. The molecule has 0 radical (unpaired) electrons. The lowest BCUT2D eigenvalue weighted by Gasteiger charge is -2.07. The van der Waals surface area contributed by atoms with E-state index < -0.39 is 0 Å². The van der Waals surface area contributed by atoms with Gasteiger partial charge in [-0.15, -0.1) is 0 Å². The van der Waals surface area contributed by atoms with Crippen LogP contribution in [-0.2, 0) is 11.3 Å². The second-order valence-electron chi connectivity index (χ2n) is 5.62. The molecule has 0 atom stereocenters. The Bertz CT molecular complexity index is 994. The maximum Gasteiger partial charge on any atom is 0.260 e. The number of hydrogen-bond donors (Lipinski definition) is 3. The molecule has 3 rings (SSSR count). The summed E-state index contributed by atoms with van der Waals surface area (Å²) >= 11 is 0. The summed E-state index contributed by atoms with van der Waals surface area (Å²) < 4.78 is 6.75. The zero-order valence-electron chi connectivity index (χ0n) is 14.3. The lowest BCUT2D eigenvalue weighted by molar-refractivity contribution is -0.121. The fourth-order valence-electron chi connectivity index (χ4n) is 2.60. The van der Waals surface area contributed by atoms with Crippen LogP contribution in [0.15, 0.2) is 41.5 Å². The van der Waals surface area contributed by atoms with Crippen LogP contribution in [-0.4, -0.2) is 39.0 Å². The first-order chi connectivity index (χ1) is 12.5. The van der Waals surface area contributed by atoms with Crippen LogP contribution in [0, 0.1) is 6.92 Å². The number of phenolic OH excluding ortho intramolecular Hbond substituents is 2. The van der Waals surface area contributed by atoms with E-state index in [1.807, 2.05) is 31.2 Å². The van der Waals surface area contributed by atoms with E-state index in [0.717, 1.165) is 16.9 Å². The van der Waals surface area contributed by atoms with Crippen molar-refractivity contribution in [2.75, 3.05) is 7.11 Å². The van der Waals surface area contributed by atoms with Crippen LogP contribution in [0.25, 0.3) is 11.0 Å². The highest BCUT2D eigenvalue weighted by atomic mass is 16.5. The standard InChI is InChI=1S/C18H18N4O4/c1-11-20-13-5-3-4-6-14(13)22(11)10-17(24)21-19-9-12-7-15(23)18(25)16(8-12)26-2/h3-9,23,25H,10H2,1-2H3,(H,21,24)/b19-9+. The zero-order valence-corrected chi connectivity index (χ0v) is 14.3. The van der Waals surface area contributed by atoms with Gasteiger partial charge in [-0.3, -0.25) is 4.79 Å². The lowest BCUT2D eigenvalue weighted by Crippen LogP contribution is -2.23. The molecule has 0 saturated carbocycles. The molecule has 0 aliphatic heterocycles. The number of para-hydroxylation sites is 2. The van der Waals surface area contributed by atoms with E-state index in [0.29, 0.717) is 5.56 Å².